The summed E-state index contributed by atoms with van der Waals surface area (Å²) in [6, 6.07) is 9.82. The number of rotatable bonds is 8. The van der Waals surface area contributed by atoms with Crippen molar-refractivity contribution in [3.8, 4) is 0 Å². The fourth-order valence-corrected chi connectivity index (χ4v) is 2.92. The maximum atomic E-state index is 11.7. The van der Waals surface area contributed by atoms with Crippen LogP contribution >= 0.6 is 0 Å². The molecule has 0 bridgehead atoms. The van der Waals surface area contributed by atoms with Gasteiger partial charge in [0.05, 0.1) is 5.75 Å². The molecule has 0 radical (unpaired) electrons. The Morgan fingerprint density at radius 2 is 1.91 bits per heavy atom. The summed E-state index contributed by atoms with van der Waals surface area (Å²) in [6.07, 6.45) is 1.13. The summed E-state index contributed by atoms with van der Waals surface area (Å²) in [7, 11) is -1.77. The second-order valence-electron chi connectivity index (χ2n) is 5.55. The fraction of sp³-hybridized carbons (Fsp3) is 0.533. The number of carbonyl (C=O) groups is 1. The number of sulfonamides is 1. The zero-order chi connectivity index (χ0) is 16.7. The Bertz CT molecular complexity index is 600. The summed E-state index contributed by atoms with van der Waals surface area (Å²) in [5, 5.41) is 5.96. The van der Waals surface area contributed by atoms with E-state index in [9.17, 15) is 13.2 Å². The zero-order valence-corrected chi connectivity index (χ0v) is 13.9. The molecular formula is C15H23N3O4S. The molecule has 0 aliphatic heterocycles. The van der Waals surface area contributed by atoms with Gasteiger partial charge >= 0.3 is 6.09 Å². The lowest BCUT2D eigenvalue weighted by Crippen LogP contribution is -2.53. The number of amides is 1. The van der Waals surface area contributed by atoms with Crippen LogP contribution in [0.1, 0.15) is 18.4 Å². The average Bonchev–Trinajstić information content (AvgIpc) is 2.51. The fourth-order valence-electron chi connectivity index (χ4n) is 2.33. The minimum Gasteiger partial charge on any atom is -0.445 e. The number of ether oxygens (including phenoxy) is 1. The predicted molar refractivity (Wildman–Crippen MR) is 87.4 cm³/mol. The highest BCUT2D eigenvalue weighted by molar-refractivity contribution is 7.89. The Morgan fingerprint density at radius 3 is 2.57 bits per heavy atom. The molecule has 128 valence electrons. The molecule has 3 N–H and O–H groups in total. The minimum atomic E-state index is -3.17. The van der Waals surface area contributed by atoms with E-state index in [2.05, 4.69) is 15.4 Å². The Morgan fingerprint density at radius 1 is 1.22 bits per heavy atom. The first kappa shape index (κ1) is 17.7. The molecule has 8 heteroatoms. The molecule has 1 saturated carbocycles. The van der Waals surface area contributed by atoms with E-state index in [0.29, 0.717) is 6.54 Å². The van der Waals surface area contributed by atoms with Crippen LogP contribution in [0.15, 0.2) is 30.3 Å². The van der Waals surface area contributed by atoms with Crippen LogP contribution in [0.5, 0.6) is 0 Å². The number of alkyl carbamates (subject to hydrolysis) is 1. The maximum absolute atomic E-state index is 11.7. The van der Waals surface area contributed by atoms with E-state index in [4.69, 9.17) is 4.74 Å². The van der Waals surface area contributed by atoms with Gasteiger partial charge in [-0.3, -0.25) is 0 Å². The van der Waals surface area contributed by atoms with Gasteiger partial charge in [0, 0.05) is 18.6 Å². The molecule has 1 aromatic rings. The van der Waals surface area contributed by atoms with E-state index in [-0.39, 0.29) is 24.4 Å². The minimum absolute atomic E-state index is 0.0528. The van der Waals surface area contributed by atoms with Crippen molar-refractivity contribution in [3.05, 3.63) is 35.9 Å². The van der Waals surface area contributed by atoms with Crippen LogP contribution in [-0.4, -0.2) is 45.9 Å². The quantitative estimate of drug-likeness (QED) is 0.643. The number of hydrogen-bond donors (Lipinski definition) is 3. The number of hydrogen-bond acceptors (Lipinski definition) is 5. The average molecular weight is 341 g/mol. The van der Waals surface area contributed by atoms with Gasteiger partial charge in [-0.2, -0.15) is 0 Å². The van der Waals surface area contributed by atoms with Crippen molar-refractivity contribution < 1.29 is 17.9 Å². The third-order valence-electron chi connectivity index (χ3n) is 3.79. The van der Waals surface area contributed by atoms with Gasteiger partial charge in [0.25, 0.3) is 0 Å². The molecule has 1 aromatic carbocycles. The Balaban J connectivity index is 1.56. The maximum Gasteiger partial charge on any atom is 0.407 e. The monoisotopic (exact) mass is 341 g/mol. The summed E-state index contributed by atoms with van der Waals surface area (Å²) in [4.78, 5) is 11.7. The van der Waals surface area contributed by atoms with Crippen LogP contribution < -0.4 is 15.4 Å². The smallest absolute Gasteiger partial charge is 0.407 e. The molecule has 1 aliphatic carbocycles. The van der Waals surface area contributed by atoms with Crippen molar-refractivity contribution in [1.29, 1.82) is 0 Å². The standard InChI is InChI=1S/C15H23N3O4S/c1-16-23(20,21)8-7-17-13-9-14(10-13)18-15(19)22-11-12-5-3-2-4-6-12/h2-6,13-14,16-17H,7-11H2,1H3,(H,18,19). The summed E-state index contributed by atoms with van der Waals surface area (Å²) >= 11 is 0. The van der Waals surface area contributed by atoms with E-state index in [0.717, 1.165) is 18.4 Å². The van der Waals surface area contributed by atoms with Crippen LogP contribution in [0.25, 0.3) is 0 Å². The number of nitrogens with one attached hydrogen (secondary N) is 3. The van der Waals surface area contributed by atoms with Crippen molar-refractivity contribution in [1.82, 2.24) is 15.4 Å². The summed E-state index contributed by atoms with van der Waals surface area (Å²) in [6.45, 7) is 0.655. The first-order chi connectivity index (χ1) is 11.0. The molecule has 0 heterocycles. The molecule has 23 heavy (non-hydrogen) atoms. The van der Waals surface area contributed by atoms with Gasteiger partial charge in [-0.1, -0.05) is 30.3 Å². The molecule has 1 amide bonds. The Kier molecular flexibility index (Phi) is 6.37. The van der Waals surface area contributed by atoms with Crippen LogP contribution in [0.2, 0.25) is 0 Å². The van der Waals surface area contributed by atoms with Crippen LogP contribution in [-0.2, 0) is 21.4 Å². The normalized spacial score (nSPS) is 20.6. The number of carbonyl (C=O) groups excluding carboxylic acids is 1. The second kappa shape index (κ2) is 8.28. The highest BCUT2D eigenvalue weighted by Crippen LogP contribution is 2.19. The van der Waals surface area contributed by atoms with Gasteiger partial charge in [-0.15, -0.1) is 0 Å². The van der Waals surface area contributed by atoms with E-state index in [1.807, 2.05) is 30.3 Å². The molecular weight excluding hydrogens is 318 g/mol. The molecule has 0 atom stereocenters. The van der Waals surface area contributed by atoms with Crippen molar-refractivity contribution in [2.45, 2.75) is 31.5 Å². The second-order valence-corrected chi connectivity index (χ2v) is 7.59. The predicted octanol–water partition coefficient (Wildman–Crippen LogP) is 0.583. The first-order valence-corrected chi connectivity index (χ1v) is 9.25. The first-order valence-electron chi connectivity index (χ1n) is 7.60. The molecule has 0 spiro atoms. The molecule has 0 aromatic heterocycles. The van der Waals surface area contributed by atoms with Gasteiger partial charge in [0.1, 0.15) is 6.61 Å². The molecule has 0 saturated heterocycles. The third-order valence-corrected chi connectivity index (χ3v) is 5.15. The Hall–Kier alpha value is -1.64. The van der Waals surface area contributed by atoms with Crippen molar-refractivity contribution in [3.63, 3.8) is 0 Å². The van der Waals surface area contributed by atoms with Gasteiger partial charge in [0.15, 0.2) is 0 Å². The molecule has 2 rings (SSSR count). The topological polar surface area (TPSA) is 96.5 Å². The largest absolute Gasteiger partial charge is 0.445 e. The van der Waals surface area contributed by atoms with E-state index < -0.39 is 16.1 Å². The molecule has 1 fully saturated rings. The molecule has 0 unspecified atom stereocenters. The lowest BCUT2D eigenvalue weighted by molar-refractivity contribution is 0.126. The Labute approximate surface area is 136 Å². The van der Waals surface area contributed by atoms with E-state index in [1.54, 1.807) is 0 Å². The van der Waals surface area contributed by atoms with Gasteiger partial charge in [-0.25, -0.2) is 17.9 Å². The van der Waals surface area contributed by atoms with E-state index in [1.165, 1.54) is 7.05 Å². The van der Waals surface area contributed by atoms with Gasteiger partial charge < -0.3 is 15.4 Å². The van der Waals surface area contributed by atoms with Crippen molar-refractivity contribution in [2.24, 2.45) is 0 Å². The van der Waals surface area contributed by atoms with Gasteiger partial charge in [0.2, 0.25) is 10.0 Å². The van der Waals surface area contributed by atoms with Crippen molar-refractivity contribution in [2.75, 3.05) is 19.3 Å². The van der Waals surface area contributed by atoms with Crippen LogP contribution in [0.4, 0.5) is 4.79 Å². The van der Waals surface area contributed by atoms with Crippen molar-refractivity contribution >= 4 is 16.1 Å². The van der Waals surface area contributed by atoms with Gasteiger partial charge in [-0.05, 0) is 25.5 Å². The summed E-state index contributed by atoms with van der Waals surface area (Å²) in [5.41, 5.74) is 0.946. The summed E-state index contributed by atoms with van der Waals surface area (Å²) in [5.74, 6) is 0.0528. The third kappa shape index (κ3) is 6.17. The van der Waals surface area contributed by atoms with Crippen LogP contribution in [0, 0.1) is 0 Å². The summed E-state index contributed by atoms with van der Waals surface area (Å²) < 4.78 is 29.9. The highest BCUT2D eigenvalue weighted by atomic mass is 32.2. The molecule has 1 aliphatic rings. The van der Waals surface area contributed by atoms with E-state index >= 15 is 0 Å². The lowest BCUT2D eigenvalue weighted by Gasteiger charge is -2.36. The number of benzene rings is 1. The lowest BCUT2D eigenvalue weighted by atomic mass is 9.87. The highest BCUT2D eigenvalue weighted by Gasteiger charge is 2.30. The zero-order valence-electron chi connectivity index (χ0n) is 13.1. The molecule has 7 nitrogen and oxygen atoms in total. The van der Waals surface area contributed by atoms with Crippen LogP contribution in [0.3, 0.4) is 0 Å². The SMILES string of the molecule is CNS(=O)(=O)CCNC1CC(NC(=O)OCc2ccccc2)C1.